The lowest BCUT2D eigenvalue weighted by Gasteiger charge is -2.22. The van der Waals surface area contributed by atoms with Crippen molar-refractivity contribution >= 4 is 57.4 Å². The maximum absolute atomic E-state index is 13.1. The van der Waals surface area contributed by atoms with Gasteiger partial charge in [0.15, 0.2) is 0 Å². The molecule has 1 fully saturated rings. The molecule has 1 aliphatic rings. The van der Waals surface area contributed by atoms with E-state index in [2.05, 4.69) is 5.32 Å². The van der Waals surface area contributed by atoms with Crippen molar-refractivity contribution in [3.05, 3.63) is 62.7 Å². The average molecular weight is 480 g/mol. The van der Waals surface area contributed by atoms with Gasteiger partial charge in [-0.05, 0) is 48.7 Å². The number of phenolic OH excluding ortho intramolecular Hbond substituents is 1. The molecule has 1 amide bonds. The summed E-state index contributed by atoms with van der Waals surface area (Å²) in [5.74, 6) is -1.42. The number of fused-ring (bicyclic) bond motifs is 1. The number of carbonyl (C=O) groups is 2. The molecule has 0 atom stereocenters. The molecule has 0 unspecified atom stereocenters. The highest BCUT2D eigenvalue weighted by atomic mass is 35.5. The maximum atomic E-state index is 13.1. The van der Waals surface area contributed by atoms with Gasteiger partial charge >= 0.3 is 0 Å². The number of aromatic hydroxyl groups is 1. The second-order valence-electron chi connectivity index (χ2n) is 7.83. The number of nitrogens with zero attached hydrogens (tertiary/aromatic N) is 1. The molecular formula is C23H21Cl3N2O3. The quantitative estimate of drug-likeness (QED) is 0.349. The fourth-order valence-corrected chi connectivity index (χ4v) is 4.92. The summed E-state index contributed by atoms with van der Waals surface area (Å²) in [6.07, 6.45) is 4.95. The Morgan fingerprint density at radius 3 is 2.48 bits per heavy atom. The first-order valence-electron chi connectivity index (χ1n) is 10.1. The number of phenols is 1. The number of Topliss-reactive ketones (excluding diaryl/α,β-unsaturated/α-hetero) is 1. The number of rotatable bonds is 5. The Kier molecular flexibility index (Phi) is 6.47. The van der Waals surface area contributed by atoms with Crippen LogP contribution < -0.4 is 5.32 Å². The molecule has 0 radical (unpaired) electrons. The van der Waals surface area contributed by atoms with Gasteiger partial charge in [0, 0.05) is 21.5 Å². The third-order valence-corrected chi connectivity index (χ3v) is 6.68. The zero-order valence-corrected chi connectivity index (χ0v) is 18.9. The molecule has 31 heavy (non-hydrogen) atoms. The van der Waals surface area contributed by atoms with Gasteiger partial charge in [0.05, 0.1) is 17.6 Å². The molecule has 0 saturated heterocycles. The summed E-state index contributed by atoms with van der Waals surface area (Å²) in [6.45, 7) is 0.271. The van der Waals surface area contributed by atoms with Crippen molar-refractivity contribution < 1.29 is 14.7 Å². The van der Waals surface area contributed by atoms with Crippen molar-refractivity contribution in [2.24, 2.45) is 0 Å². The van der Waals surface area contributed by atoms with Gasteiger partial charge < -0.3 is 15.0 Å². The standard InChI is InChI=1S/C23H21Cl3N2O3/c24-14-7-6-13(18(25)10-14)12-28-19-9-8-16(29)11-17(19)20(22(28)26)21(30)23(31)27-15-4-2-1-3-5-15/h6-11,15,29H,1-5,12H2,(H,27,31). The minimum Gasteiger partial charge on any atom is -0.508 e. The van der Waals surface area contributed by atoms with Crippen LogP contribution in [-0.2, 0) is 11.3 Å². The Morgan fingerprint density at radius 2 is 1.77 bits per heavy atom. The van der Waals surface area contributed by atoms with Crippen molar-refractivity contribution in [3.8, 4) is 5.75 Å². The van der Waals surface area contributed by atoms with Crippen LogP contribution in [0.4, 0.5) is 0 Å². The van der Waals surface area contributed by atoms with E-state index in [1.54, 1.807) is 28.8 Å². The van der Waals surface area contributed by atoms with Crippen LogP contribution in [0, 0.1) is 0 Å². The molecule has 5 nitrogen and oxygen atoms in total. The SMILES string of the molecule is O=C(NC1CCCCC1)C(=O)c1c(Cl)n(Cc2ccc(Cl)cc2Cl)c2ccc(O)cc12. The lowest BCUT2D eigenvalue weighted by atomic mass is 9.95. The van der Waals surface area contributed by atoms with E-state index >= 15 is 0 Å². The van der Waals surface area contributed by atoms with Crippen LogP contribution in [0.25, 0.3) is 10.9 Å². The molecule has 4 rings (SSSR count). The maximum Gasteiger partial charge on any atom is 0.292 e. The lowest BCUT2D eigenvalue weighted by Crippen LogP contribution is -2.40. The van der Waals surface area contributed by atoms with Crippen molar-refractivity contribution in [1.82, 2.24) is 9.88 Å². The number of benzene rings is 2. The number of ketones is 1. The normalized spacial score (nSPS) is 14.7. The van der Waals surface area contributed by atoms with Crippen molar-refractivity contribution in [2.75, 3.05) is 0 Å². The van der Waals surface area contributed by atoms with Gasteiger partial charge in [0.2, 0.25) is 0 Å². The van der Waals surface area contributed by atoms with E-state index < -0.39 is 11.7 Å². The molecule has 1 aromatic heterocycles. The fourth-order valence-electron chi connectivity index (χ4n) is 4.11. The molecule has 2 aromatic carbocycles. The number of hydrogen-bond acceptors (Lipinski definition) is 3. The minimum atomic E-state index is -0.716. The molecule has 3 aromatic rings. The Balaban J connectivity index is 1.73. The smallest absolute Gasteiger partial charge is 0.292 e. The molecule has 162 valence electrons. The predicted molar refractivity (Wildman–Crippen MR) is 124 cm³/mol. The van der Waals surface area contributed by atoms with E-state index in [1.165, 1.54) is 12.1 Å². The largest absolute Gasteiger partial charge is 0.508 e. The number of amides is 1. The molecule has 0 bridgehead atoms. The molecule has 1 heterocycles. The third kappa shape index (κ3) is 4.54. The van der Waals surface area contributed by atoms with Gasteiger partial charge in [-0.15, -0.1) is 0 Å². The molecule has 0 aliphatic heterocycles. The first-order valence-corrected chi connectivity index (χ1v) is 11.3. The van der Waals surface area contributed by atoms with Crippen molar-refractivity contribution in [2.45, 2.75) is 44.7 Å². The van der Waals surface area contributed by atoms with Crippen LogP contribution in [0.2, 0.25) is 15.2 Å². The Morgan fingerprint density at radius 1 is 1.03 bits per heavy atom. The van der Waals surface area contributed by atoms with Crippen LogP contribution in [-0.4, -0.2) is 27.4 Å². The van der Waals surface area contributed by atoms with E-state index in [0.29, 0.717) is 20.9 Å². The van der Waals surface area contributed by atoms with Crippen molar-refractivity contribution in [1.29, 1.82) is 0 Å². The van der Waals surface area contributed by atoms with Gasteiger partial charge in [0.1, 0.15) is 10.9 Å². The Hall–Kier alpha value is -2.21. The number of aromatic nitrogens is 1. The second kappa shape index (κ2) is 9.11. The van der Waals surface area contributed by atoms with Crippen LogP contribution in [0.5, 0.6) is 5.75 Å². The second-order valence-corrected chi connectivity index (χ2v) is 9.03. The van der Waals surface area contributed by atoms with E-state index in [1.807, 2.05) is 0 Å². The number of halogens is 3. The molecule has 1 saturated carbocycles. The van der Waals surface area contributed by atoms with E-state index in [0.717, 1.165) is 37.7 Å². The van der Waals surface area contributed by atoms with Gasteiger partial charge in [-0.25, -0.2) is 0 Å². The zero-order chi connectivity index (χ0) is 22.1. The Bertz CT molecular complexity index is 1170. The van der Waals surface area contributed by atoms with E-state index in [9.17, 15) is 14.7 Å². The van der Waals surface area contributed by atoms with Gasteiger partial charge in [0.25, 0.3) is 11.7 Å². The summed E-state index contributed by atoms with van der Waals surface area (Å²) >= 11 is 18.9. The van der Waals surface area contributed by atoms with Crippen LogP contribution in [0.1, 0.15) is 48.0 Å². The molecule has 2 N–H and O–H groups in total. The van der Waals surface area contributed by atoms with Crippen LogP contribution in [0.3, 0.4) is 0 Å². The zero-order valence-electron chi connectivity index (χ0n) is 16.6. The topological polar surface area (TPSA) is 71.3 Å². The Labute approximate surface area is 194 Å². The average Bonchev–Trinajstić information content (AvgIpc) is 3.00. The fraction of sp³-hybridized carbons (Fsp3) is 0.304. The number of hydrogen-bond donors (Lipinski definition) is 2. The highest BCUT2D eigenvalue weighted by Gasteiger charge is 2.28. The lowest BCUT2D eigenvalue weighted by molar-refractivity contribution is -0.117. The summed E-state index contributed by atoms with van der Waals surface area (Å²) in [5, 5.41) is 14.4. The van der Waals surface area contributed by atoms with Crippen LogP contribution in [0.15, 0.2) is 36.4 Å². The number of nitrogens with one attached hydrogen (secondary N) is 1. The molecule has 1 aliphatic carbocycles. The molecule has 0 spiro atoms. The van der Waals surface area contributed by atoms with Gasteiger partial charge in [-0.3, -0.25) is 9.59 Å². The van der Waals surface area contributed by atoms with Crippen LogP contribution >= 0.6 is 34.8 Å². The molecular weight excluding hydrogens is 459 g/mol. The van der Waals surface area contributed by atoms with Gasteiger partial charge in [-0.2, -0.15) is 0 Å². The van der Waals surface area contributed by atoms with E-state index in [-0.39, 0.29) is 29.1 Å². The third-order valence-electron chi connectivity index (χ3n) is 5.70. The van der Waals surface area contributed by atoms with E-state index in [4.69, 9.17) is 34.8 Å². The monoisotopic (exact) mass is 478 g/mol. The summed E-state index contributed by atoms with van der Waals surface area (Å²) in [7, 11) is 0. The minimum absolute atomic E-state index is 0.00129. The van der Waals surface area contributed by atoms with Gasteiger partial charge in [-0.1, -0.05) is 60.1 Å². The molecule has 8 heteroatoms. The summed E-state index contributed by atoms with van der Waals surface area (Å²) < 4.78 is 1.70. The predicted octanol–water partition coefficient (Wildman–Crippen LogP) is 5.99. The summed E-state index contributed by atoms with van der Waals surface area (Å²) in [5.41, 5.74) is 1.44. The highest BCUT2D eigenvalue weighted by molar-refractivity contribution is 6.49. The summed E-state index contributed by atoms with van der Waals surface area (Å²) in [4.78, 5) is 25.8. The number of carbonyl (C=O) groups excluding carboxylic acids is 2. The highest BCUT2D eigenvalue weighted by Crippen LogP contribution is 2.34. The first kappa shape index (κ1) is 22.0. The van der Waals surface area contributed by atoms with Crippen molar-refractivity contribution in [3.63, 3.8) is 0 Å². The summed E-state index contributed by atoms with van der Waals surface area (Å²) in [6, 6.07) is 9.75. The first-order chi connectivity index (χ1) is 14.8.